The van der Waals surface area contributed by atoms with E-state index in [4.69, 9.17) is 9.84 Å². The fraction of sp³-hybridized carbons (Fsp3) is 0.538. The summed E-state index contributed by atoms with van der Waals surface area (Å²) in [4.78, 5) is 23.4. The zero-order valence-electron chi connectivity index (χ0n) is 10.9. The summed E-state index contributed by atoms with van der Waals surface area (Å²) in [7, 11) is 0. The Hall–Kier alpha value is -1.40. The summed E-state index contributed by atoms with van der Waals surface area (Å²) >= 11 is 1.62. The molecule has 1 aromatic rings. The SMILES string of the molecule is CCOC(CNC(=O)CCc1cccs1)CC(=O)O. The van der Waals surface area contributed by atoms with Gasteiger partial charge in [-0.1, -0.05) is 6.07 Å². The van der Waals surface area contributed by atoms with Gasteiger partial charge in [0.1, 0.15) is 0 Å². The number of carboxylic acid groups (broad SMARTS) is 1. The molecule has 0 fully saturated rings. The third kappa shape index (κ3) is 6.93. The van der Waals surface area contributed by atoms with Crippen molar-refractivity contribution in [2.45, 2.75) is 32.3 Å². The Labute approximate surface area is 116 Å². The van der Waals surface area contributed by atoms with Crippen LogP contribution < -0.4 is 5.32 Å². The van der Waals surface area contributed by atoms with E-state index in [1.165, 1.54) is 4.88 Å². The number of carboxylic acids is 1. The highest BCUT2D eigenvalue weighted by atomic mass is 32.1. The monoisotopic (exact) mass is 285 g/mol. The summed E-state index contributed by atoms with van der Waals surface area (Å²) in [5.74, 6) is -1.00. The van der Waals surface area contributed by atoms with Gasteiger partial charge in [0.2, 0.25) is 5.91 Å². The van der Waals surface area contributed by atoms with Gasteiger partial charge in [0.15, 0.2) is 0 Å². The van der Waals surface area contributed by atoms with Gasteiger partial charge in [-0.3, -0.25) is 9.59 Å². The Kier molecular flexibility index (Phi) is 7.14. The molecule has 0 aliphatic carbocycles. The van der Waals surface area contributed by atoms with E-state index in [0.717, 1.165) is 0 Å². The van der Waals surface area contributed by atoms with Crippen LogP contribution in [0.3, 0.4) is 0 Å². The molecule has 106 valence electrons. The second-order valence-electron chi connectivity index (χ2n) is 4.06. The van der Waals surface area contributed by atoms with Gasteiger partial charge < -0.3 is 15.2 Å². The first kappa shape index (κ1) is 15.7. The Bertz CT molecular complexity index is 391. The number of thiophene rings is 1. The molecule has 1 aromatic heterocycles. The predicted octanol–water partition coefficient (Wildman–Crippen LogP) is 1.68. The van der Waals surface area contributed by atoms with E-state index in [-0.39, 0.29) is 18.9 Å². The van der Waals surface area contributed by atoms with E-state index in [1.807, 2.05) is 17.5 Å². The molecule has 2 N–H and O–H groups in total. The standard InChI is InChI=1S/C13H19NO4S/c1-2-18-10(8-13(16)17)9-14-12(15)6-5-11-4-3-7-19-11/h3-4,7,10H,2,5-6,8-9H2,1H3,(H,14,15)(H,16,17). The molecule has 0 aromatic carbocycles. The first-order valence-electron chi connectivity index (χ1n) is 6.24. The molecule has 1 rings (SSSR count). The number of carbonyl (C=O) groups excluding carboxylic acids is 1. The van der Waals surface area contributed by atoms with Crippen molar-refractivity contribution in [1.82, 2.24) is 5.32 Å². The summed E-state index contributed by atoms with van der Waals surface area (Å²) in [5, 5.41) is 13.4. The zero-order chi connectivity index (χ0) is 14.1. The van der Waals surface area contributed by atoms with Gasteiger partial charge in [0.25, 0.3) is 0 Å². The number of ether oxygens (including phenoxy) is 1. The first-order valence-corrected chi connectivity index (χ1v) is 7.12. The predicted molar refractivity (Wildman–Crippen MR) is 73.3 cm³/mol. The highest BCUT2D eigenvalue weighted by molar-refractivity contribution is 7.09. The molecule has 5 nitrogen and oxygen atoms in total. The molecule has 1 amide bonds. The maximum absolute atomic E-state index is 11.6. The lowest BCUT2D eigenvalue weighted by Crippen LogP contribution is -2.35. The van der Waals surface area contributed by atoms with E-state index >= 15 is 0 Å². The van der Waals surface area contributed by atoms with E-state index in [9.17, 15) is 9.59 Å². The van der Waals surface area contributed by atoms with Gasteiger partial charge in [-0.15, -0.1) is 11.3 Å². The van der Waals surface area contributed by atoms with Gasteiger partial charge in [0.05, 0.1) is 12.5 Å². The third-order valence-corrected chi connectivity index (χ3v) is 3.45. The van der Waals surface area contributed by atoms with Crippen molar-refractivity contribution in [1.29, 1.82) is 0 Å². The summed E-state index contributed by atoms with van der Waals surface area (Å²) in [6.45, 7) is 2.47. The lowest BCUT2D eigenvalue weighted by molar-refractivity contribution is -0.140. The minimum absolute atomic E-state index is 0.0801. The van der Waals surface area contributed by atoms with Gasteiger partial charge in [-0.25, -0.2) is 0 Å². The second-order valence-corrected chi connectivity index (χ2v) is 5.09. The maximum atomic E-state index is 11.6. The van der Waals surface area contributed by atoms with Crippen molar-refractivity contribution >= 4 is 23.2 Å². The number of rotatable bonds is 9. The van der Waals surface area contributed by atoms with Gasteiger partial charge in [-0.2, -0.15) is 0 Å². The molecule has 0 aliphatic rings. The minimum atomic E-state index is -0.925. The molecule has 6 heteroatoms. The van der Waals surface area contributed by atoms with E-state index in [1.54, 1.807) is 18.3 Å². The van der Waals surface area contributed by atoms with Crippen molar-refractivity contribution in [3.63, 3.8) is 0 Å². The molecule has 19 heavy (non-hydrogen) atoms. The molecule has 0 radical (unpaired) electrons. The number of hydrogen-bond acceptors (Lipinski definition) is 4. The van der Waals surface area contributed by atoms with Crippen LogP contribution in [0.15, 0.2) is 17.5 Å². The quantitative estimate of drug-likeness (QED) is 0.724. The minimum Gasteiger partial charge on any atom is -0.481 e. The van der Waals surface area contributed by atoms with Crippen LogP contribution in [0.25, 0.3) is 0 Å². The van der Waals surface area contributed by atoms with Crippen LogP contribution in [-0.4, -0.2) is 36.2 Å². The fourth-order valence-electron chi connectivity index (χ4n) is 1.63. The highest BCUT2D eigenvalue weighted by Crippen LogP contribution is 2.10. The summed E-state index contributed by atoms with van der Waals surface area (Å²) < 4.78 is 5.26. The largest absolute Gasteiger partial charge is 0.481 e. The van der Waals surface area contributed by atoms with Crippen LogP contribution >= 0.6 is 11.3 Å². The summed E-state index contributed by atoms with van der Waals surface area (Å²) in [6.07, 6.45) is 0.556. The van der Waals surface area contributed by atoms with Crippen molar-refractivity contribution < 1.29 is 19.4 Å². The molecule has 0 saturated carbocycles. The third-order valence-electron chi connectivity index (χ3n) is 2.51. The van der Waals surface area contributed by atoms with Gasteiger partial charge in [-0.05, 0) is 24.8 Å². The van der Waals surface area contributed by atoms with Gasteiger partial charge >= 0.3 is 5.97 Å². The van der Waals surface area contributed by atoms with Crippen LogP contribution in [0, 0.1) is 0 Å². The van der Waals surface area contributed by atoms with Gasteiger partial charge in [0, 0.05) is 24.4 Å². The Morgan fingerprint density at radius 1 is 1.53 bits per heavy atom. The lowest BCUT2D eigenvalue weighted by atomic mass is 10.2. The maximum Gasteiger partial charge on any atom is 0.306 e. The van der Waals surface area contributed by atoms with Crippen molar-refractivity contribution in [2.75, 3.05) is 13.2 Å². The molecule has 0 spiro atoms. The molecule has 0 bridgehead atoms. The average molecular weight is 285 g/mol. The first-order chi connectivity index (χ1) is 9.11. The number of amides is 1. The Morgan fingerprint density at radius 2 is 2.32 bits per heavy atom. The van der Waals surface area contributed by atoms with E-state index in [0.29, 0.717) is 19.4 Å². The fourth-order valence-corrected chi connectivity index (χ4v) is 2.34. The second kappa shape index (κ2) is 8.66. The molecular weight excluding hydrogens is 266 g/mol. The Morgan fingerprint density at radius 3 is 2.89 bits per heavy atom. The molecular formula is C13H19NO4S. The highest BCUT2D eigenvalue weighted by Gasteiger charge is 2.14. The van der Waals surface area contributed by atoms with Crippen LogP contribution in [0.4, 0.5) is 0 Å². The van der Waals surface area contributed by atoms with Crippen LogP contribution in [-0.2, 0) is 20.7 Å². The van der Waals surface area contributed by atoms with Crippen LogP contribution in [0.5, 0.6) is 0 Å². The van der Waals surface area contributed by atoms with E-state index < -0.39 is 12.1 Å². The van der Waals surface area contributed by atoms with Crippen LogP contribution in [0.1, 0.15) is 24.6 Å². The summed E-state index contributed by atoms with van der Waals surface area (Å²) in [6, 6.07) is 3.95. The zero-order valence-corrected chi connectivity index (χ0v) is 11.7. The van der Waals surface area contributed by atoms with Crippen molar-refractivity contribution in [3.8, 4) is 0 Å². The summed E-state index contributed by atoms with van der Waals surface area (Å²) in [5.41, 5.74) is 0. The number of aliphatic carboxylic acids is 1. The number of hydrogen-bond donors (Lipinski definition) is 2. The number of nitrogens with one attached hydrogen (secondary N) is 1. The molecule has 1 unspecified atom stereocenters. The van der Waals surface area contributed by atoms with E-state index in [2.05, 4.69) is 5.32 Å². The van der Waals surface area contributed by atoms with Crippen molar-refractivity contribution in [3.05, 3.63) is 22.4 Å². The number of carbonyl (C=O) groups is 2. The Balaban J connectivity index is 2.24. The normalized spacial score (nSPS) is 12.1. The molecule has 0 saturated heterocycles. The number of aryl methyl sites for hydroxylation is 1. The molecule has 0 aliphatic heterocycles. The smallest absolute Gasteiger partial charge is 0.306 e. The molecule has 1 heterocycles. The average Bonchev–Trinajstić information content (AvgIpc) is 2.86. The topological polar surface area (TPSA) is 75.6 Å². The van der Waals surface area contributed by atoms with Crippen molar-refractivity contribution in [2.24, 2.45) is 0 Å². The van der Waals surface area contributed by atoms with Crippen LogP contribution in [0.2, 0.25) is 0 Å². The lowest BCUT2D eigenvalue weighted by Gasteiger charge is -2.15. The molecule has 1 atom stereocenters.